The fourth-order valence-corrected chi connectivity index (χ4v) is 1.05. The number of hydrogen-bond donors (Lipinski definition) is 1. The van der Waals surface area contributed by atoms with E-state index in [0.29, 0.717) is 12.1 Å². The molecule has 0 aromatic heterocycles. The van der Waals surface area contributed by atoms with Gasteiger partial charge in [0.1, 0.15) is 0 Å². The minimum Gasteiger partial charge on any atom is -0.312 e. The van der Waals surface area contributed by atoms with E-state index in [1.165, 1.54) is 0 Å². The molecule has 1 rings (SSSR count). The average Bonchev–Trinajstić information content (AvgIpc) is 2.14. The molecular weight excluding hydrogens is 100 g/mol. The predicted octanol–water partition coefficient (Wildman–Crippen LogP) is 0.437. The Morgan fingerprint density at radius 1 is 1.75 bits per heavy atom. The monoisotopic (exact) mass is 112 g/mol. The van der Waals surface area contributed by atoms with Gasteiger partial charge in [0.2, 0.25) is 0 Å². The third-order valence-electron chi connectivity index (χ3n) is 1.59. The Balaban J connectivity index is 2.32. The SMILES string of the molecule is C=NC1CNC(C)C1. The lowest BCUT2D eigenvalue weighted by molar-refractivity contribution is 0.658. The van der Waals surface area contributed by atoms with Gasteiger partial charge in [-0.3, -0.25) is 4.99 Å². The quantitative estimate of drug-likeness (QED) is 0.489. The smallest absolute Gasteiger partial charge is 0.0631 e. The second-order valence-electron chi connectivity index (χ2n) is 2.38. The number of rotatable bonds is 1. The van der Waals surface area contributed by atoms with Crippen LogP contribution in [-0.4, -0.2) is 25.3 Å². The summed E-state index contributed by atoms with van der Waals surface area (Å²) in [6.45, 7) is 6.68. The van der Waals surface area contributed by atoms with E-state index in [2.05, 4.69) is 24.0 Å². The Labute approximate surface area is 50.0 Å². The highest BCUT2D eigenvalue weighted by atomic mass is 15.0. The fraction of sp³-hybridized carbons (Fsp3) is 0.833. The molecule has 0 aromatic carbocycles. The van der Waals surface area contributed by atoms with Crippen LogP contribution in [0.3, 0.4) is 0 Å². The van der Waals surface area contributed by atoms with E-state index in [-0.39, 0.29) is 0 Å². The first-order chi connectivity index (χ1) is 3.83. The molecular formula is C6H12N2. The van der Waals surface area contributed by atoms with Crippen molar-refractivity contribution in [2.75, 3.05) is 6.54 Å². The summed E-state index contributed by atoms with van der Waals surface area (Å²) in [5.41, 5.74) is 0. The van der Waals surface area contributed by atoms with E-state index in [1.807, 2.05) is 0 Å². The molecule has 1 saturated heterocycles. The lowest BCUT2D eigenvalue weighted by atomic mass is 10.2. The van der Waals surface area contributed by atoms with Crippen LogP contribution in [-0.2, 0) is 0 Å². The molecule has 0 spiro atoms. The molecule has 0 radical (unpaired) electrons. The van der Waals surface area contributed by atoms with Gasteiger partial charge < -0.3 is 5.32 Å². The highest BCUT2D eigenvalue weighted by molar-refractivity contribution is 5.24. The van der Waals surface area contributed by atoms with Crippen molar-refractivity contribution in [3.8, 4) is 0 Å². The van der Waals surface area contributed by atoms with E-state index in [0.717, 1.165) is 13.0 Å². The molecule has 1 aliphatic rings. The van der Waals surface area contributed by atoms with Crippen molar-refractivity contribution >= 4 is 6.72 Å². The van der Waals surface area contributed by atoms with Gasteiger partial charge in [-0.15, -0.1) is 0 Å². The van der Waals surface area contributed by atoms with Crippen LogP contribution in [0.1, 0.15) is 13.3 Å². The highest BCUT2D eigenvalue weighted by Gasteiger charge is 2.17. The summed E-state index contributed by atoms with van der Waals surface area (Å²) in [7, 11) is 0. The maximum atomic E-state index is 3.93. The van der Waals surface area contributed by atoms with Gasteiger partial charge in [-0.25, -0.2) is 0 Å². The van der Waals surface area contributed by atoms with Crippen LogP contribution in [0.2, 0.25) is 0 Å². The Hall–Kier alpha value is -0.370. The Morgan fingerprint density at radius 2 is 2.50 bits per heavy atom. The largest absolute Gasteiger partial charge is 0.312 e. The molecule has 0 aliphatic carbocycles. The van der Waals surface area contributed by atoms with Crippen molar-refractivity contribution in [3.05, 3.63) is 0 Å². The molecule has 1 N–H and O–H groups in total. The molecule has 0 amide bonds. The second kappa shape index (κ2) is 2.27. The maximum absolute atomic E-state index is 3.93. The molecule has 1 aliphatic heterocycles. The molecule has 8 heavy (non-hydrogen) atoms. The van der Waals surface area contributed by atoms with Crippen molar-refractivity contribution in [3.63, 3.8) is 0 Å². The molecule has 0 bridgehead atoms. The van der Waals surface area contributed by atoms with Crippen LogP contribution in [0, 0.1) is 0 Å². The third kappa shape index (κ3) is 1.07. The summed E-state index contributed by atoms with van der Waals surface area (Å²) < 4.78 is 0. The standard InChI is InChI=1S/C6H12N2/c1-5-3-6(7-2)4-8-5/h5-6,8H,2-4H2,1H3. The van der Waals surface area contributed by atoms with Crippen LogP contribution in [0.25, 0.3) is 0 Å². The number of aliphatic imine (C=N–C) groups is 1. The van der Waals surface area contributed by atoms with E-state index < -0.39 is 0 Å². The third-order valence-corrected chi connectivity index (χ3v) is 1.59. The van der Waals surface area contributed by atoms with Gasteiger partial charge in [-0.1, -0.05) is 0 Å². The molecule has 2 nitrogen and oxygen atoms in total. The van der Waals surface area contributed by atoms with Gasteiger partial charge in [0.15, 0.2) is 0 Å². The second-order valence-corrected chi connectivity index (χ2v) is 2.38. The zero-order valence-corrected chi connectivity index (χ0v) is 5.22. The average molecular weight is 112 g/mol. The van der Waals surface area contributed by atoms with E-state index in [1.54, 1.807) is 0 Å². The van der Waals surface area contributed by atoms with Crippen LogP contribution in [0.15, 0.2) is 4.99 Å². The summed E-state index contributed by atoms with van der Waals surface area (Å²) >= 11 is 0. The number of nitrogens with one attached hydrogen (secondary N) is 1. The lowest BCUT2D eigenvalue weighted by Gasteiger charge is -1.96. The van der Waals surface area contributed by atoms with Crippen molar-refractivity contribution in [2.24, 2.45) is 4.99 Å². The van der Waals surface area contributed by atoms with E-state index in [9.17, 15) is 0 Å². The molecule has 2 heteroatoms. The normalized spacial score (nSPS) is 37.6. The summed E-state index contributed by atoms with van der Waals surface area (Å²) in [6.07, 6.45) is 1.16. The molecule has 1 heterocycles. The molecule has 0 aromatic rings. The Kier molecular flexibility index (Phi) is 1.63. The van der Waals surface area contributed by atoms with Crippen LogP contribution >= 0.6 is 0 Å². The first-order valence-electron chi connectivity index (χ1n) is 3.02. The Bertz CT molecular complexity index is 90.5. The Morgan fingerprint density at radius 3 is 2.75 bits per heavy atom. The predicted molar refractivity (Wildman–Crippen MR) is 35.4 cm³/mol. The van der Waals surface area contributed by atoms with Crippen molar-refractivity contribution < 1.29 is 0 Å². The first kappa shape index (κ1) is 5.76. The molecule has 0 saturated carbocycles. The molecule has 2 atom stereocenters. The topological polar surface area (TPSA) is 24.4 Å². The van der Waals surface area contributed by atoms with Crippen molar-refractivity contribution in [2.45, 2.75) is 25.4 Å². The minimum absolute atomic E-state index is 0.477. The molecule has 1 fully saturated rings. The van der Waals surface area contributed by atoms with E-state index in [4.69, 9.17) is 0 Å². The van der Waals surface area contributed by atoms with Gasteiger partial charge >= 0.3 is 0 Å². The number of hydrogen-bond acceptors (Lipinski definition) is 2. The zero-order chi connectivity index (χ0) is 5.98. The van der Waals surface area contributed by atoms with Crippen LogP contribution in [0.5, 0.6) is 0 Å². The van der Waals surface area contributed by atoms with Gasteiger partial charge in [-0.05, 0) is 20.1 Å². The highest BCUT2D eigenvalue weighted by Crippen LogP contribution is 2.07. The summed E-state index contributed by atoms with van der Waals surface area (Å²) in [5.74, 6) is 0. The van der Waals surface area contributed by atoms with Gasteiger partial charge in [0.25, 0.3) is 0 Å². The summed E-state index contributed by atoms with van der Waals surface area (Å²) in [4.78, 5) is 3.93. The van der Waals surface area contributed by atoms with E-state index >= 15 is 0 Å². The van der Waals surface area contributed by atoms with Gasteiger partial charge in [0, 0.05) is 12.6 Å². The molecule has 2 unspecified atom stereocenters. The van der Waals surface area contributed by atoms with Crippen molar-refractivity contribution in [1.29, 1.82) is 0 Å². The first-order valence-corrected chi connectivity index (χ1v) is 3.02. The van der Waals surface area contributed by atoms with Crippen LogP contribution < -0.4 is 5.32 Å². The van der Waals surface area contributed by atoms with Crippen LogP contribution in [0.4, 0.5) is 0 Å². The fourth-order valence-electron chi connectivity index (χ4n) is 1.05. The lowest BCUT2D eigenvalue weighted by Crippen LogP contribution is -2.17. The zero-order valence-electron chi connectivity index (χ0n) is 5.22. The molecule has 46 valence electrons. The number of nitrogens with zero attached hydrogens (tertiary/aromatic N) is 1. The van der Waals surface area contributed by atoms with Gasteiger partial charge in [-0.2, -0.15) is 0 Å². The summed E-state index contributed by atoms with van der Waals surface area (Å²) in [6, 6.07) is 1.12. The van der Waals surface area contributed by atoms with Gasteiger partial charge in [0.05, 0.1) is 6.04 Å². The van der Waals surface area contributed by atoms with Crippen molar-refractivity contribution in [1.82, 2.24) is 5.32 Å². The maximum Gasteiger partial charge on any atom is 0.0631 e. The summed E-state index contributed by atoms with van der Waals surface area (Å²) in [5, 5.41) is 3.29. The minimum atomic E-state index is 0.477.